The molecule has 6 nitrogen and oxygen atoms in total. The van der Waals surface area contributed by atoms with Gasteiger partial charge in [0.05, 0.1) is 13.7 Å². The van der Waals surface area contributed by atoms with E-state index < -0.39 is 0 Å². The minimum Gasteiger partial charge on any atom is -0.497 e. The minimum atomic E-state index is -0.184. The molecule has 1 heterocycles. The number of benzene rings is 3. The summed E-state index contributed by atoms with van der Waals surface area (Å²) >= 11 is 0. The first-order valence-electron chi connectivity index (χ1n) is 8.47. The summed E-state index contributed by atoms with van der Waals surface area (Å²) in [5.74, 6) is 1.38. The molecule has 0 saturated carbocycles. The van der Waals surface area contributed by atoms with Crippen LogP contribution in [0.1, 0.15) is 16.2 Å². The number of nitrogens with zero attached hydrogens (tertiary/aromatic N) is 2. The molecule has 4 rings (SSSR count). The Hall–Kier alpha value is -3.67. The summed E-state index contributed by atoms with van der Waals surface area (Å²) in [6.07, 6.45) is 0. The molecule has 1 aromatic heterocycles. The fourth-order valence-corrected chi connectivity index (χ4v) is 2.86. The molecule has 4 aromatic rings. The van der Waals surface area contributed by atoms with Crippen molar-refractivity contribution in [1.29, 1.82) is 0 Å². The van der Waals surface area contributed by atoms with E-state index in [0.29, 0.717) is 17.3 Å². The van der Waals surface area contributed by atoms with Gasteiger partial charge in [-0.1, -0.05) is 41.6 Å². The lowest BCUT2D eigenvalue weighted by molar-refractivity contribution is 0.0948. The summed E-state index contributed by atoms with van der Waals surface area (Å²) < 4.78 is 10.4. The van der Waals surface area contributed by atoms with Crippen molar-refractivity contribution in [3.8, 4) is 17.1 Å². The van der Waals surface area contributed by atoms with Crippen molar-refractivity contribution in [2.75, 3.05) is 7.11 Å². The van der Waals surface area contributed by atoms with Gasteiger partial charge in [0, 0.05) is 11.1 Å². The van der Waals surface area contributed by atoms with E-state index >= 15 is 0 Å². The standard InChI is InChI=1S/C21H17N3O3/c1-26-16-11-9-15(10-12-16)20-23-19(27-24-20)13-22-21(25)18-8-4-6-14-5-2-3-7-17(14)18/h2-12H,13H2,1H3,(H,22,25). The Kier molecular flexibility index (Phi) is 4.53. The van der Waals surface area contributed by atoms with Gasteiger partial charge in [-0.2, -0.15) is 4.98 Å². The lowest BCUT2D eigenvalue weighted by Crippen LogP contribution is -2.23. The number of fused-ring (bicyclic) bond motifs is 1. The van der Waals surface area contributed by atoms with Crippen LogP contribution < -0.4 is 10.1 Å². The molecule has 3 aromatic carbocycles. The normalized spacial score (nSPS) is 10.7. The summed E-state index contributed by atoms with van der Waals surface area (Å²) in [4.78, 5) is 16.9. The second kappa shape index (κ2) is 7.29. The van der Waals surface area contributed by atoms with Gasteiger partial charge in [0.1, 0.15) is 5.75 Å². The number of hydrogen-bond acceptors (Lipinski definition) is 5. The van der Waals surface area contributed by atoms with Gasteiger partial charge in [-0.15, -0.1) is 0 Å². The Balaban J connectivity index is 1.47. The van der Waals surface area contributed by atoms with Crippen molar-refractivity contribution in [3.63, 3.8) is 0 Å². The van der Waals surface area contributed by atoms with Crippen LogP contribution in [-0.2, 0) is 6.54 Å². The molecule has 0 fully saturated rings. The van der Waals surface area contributed by atoms with Crippen LogP contribution in [0.15, 0.2) is 71.3 Å². The highest BCUT2D eigenvalue weighted by molar-refractivity contribution is 6.06. The van der Waals surface area contributed by atoms with E-state index in [-0.39, 0.29) is 12.5 Å². The minimum absolute atomic E-state index is 0.158. The Bertz CT molecular complexity index is 1080. The third kappa shape index (κ3) is 3.50. The van der Waals surface area contributed by atoms with Crippen LogP contribution in [0.4, 0.5) is 0 Å². The zero-order valence-electron chi connectivity index (χ0n) is 14.7. The maximum absolute atomic E-state index is 12.6. The molecule has 0 spiro atoms. The number of rotatable bonds is 5. The van der Waals surface area contributed by atoms with Crippen molar-refractivity contribution in [3.05, 3.63) is 78.2 Å². The van der Waals surface area contributed by atoms with Gasteiger partial charge in [-0.25, -0.2) is 0 Å². The van der Waals surface area contributed by atoms with Crippen LogP contribution >= 0.6 is 0 Å². The zero-order chi connectivity index (χ0) is 18.6. The number of ether oxygens (including phenoxy) is 1. The predicted molar refractivity (Wildman–Crippen MR) is 101 cm³/mol. The molecule has 0 radical (unpaired) electrons. The van der Waals surface area contributed by atoms with Gasteiger partial charge in [0.25, 0.3) is 5.91 Å². The highest BCUT2D eigenvalue weighted by Gasteiger charge is 2.13. The summed E-state index contributed by atoms with van der Waals surface area (Å²) in [7, 11) is 1.61. The van der Waals surface area contributed by atoms with Crippen molar-refractivity contribution in [2.45, 2.75) is 6.54 Å². The quantitative estimate of drug-likeness (QED) is 0.586. The maximum Gasteiger partial charge on any atom is 0.252 e. The van der Waals surface area contributed by atoms with Crippen molar-refractivity contribution in [2.24, 2.45) is 0 Å². The van der Waals surface area contributed by atoms with Gasteiger partial charge >= 0.3 is 0 Å². The van der Waals surface area contributed by atoms with Crippen molar-refractivity contribution >= 4 is 16.7 Å². The average Bonchev–Trinajstić information content (AvgIpc) is 3.20. The monoisotopic (exact) mass is 359 g/mol. The lowest BCUT2D eigenvalue weighted by atomic mass is 10.0. The van der Waals surface area contributed by atoms with E-state index in [9.17, 15) is 4.79 Å². The predicted octanol–water partition coefficient (Wildman–Crippen LogP) is 3.83. The largest absolute Gasteiger partial charge is 0.497 e. The van der Waals surface area contributed by atoms with Crippen LogP contribution in [0, 0.1) is 0 Å². The summed E-state index contributed by atoms with van der Waals surface area (Å²) in [6, 6.07) is 20.8. The van der Waals surface area contributed by atoms with Gasteiger partial charge in [0.2, 0.25) is 11.7 Å². The van der Waals surface area contributed by atoms with E-state index in [1.165, 1.54) is 0 Å². The number of hydrogen-bond donors (Lipinski definition) is 1. The number of aromatic nitrogens is 2. The van der Waals surface area contributed by atoms with Crippen molar-refractivity contribution in [1.82, 2.24) is 15.5 Å². The fraction of sp³-hybridized carbons (Fsp3) is 0.0952. The Labute approximate surface area is 155 Å². The highest BCUT2D eigenvalue weighted by atomic mass is 16.5. The molecule has 0 atom stereocenters. The summed E-state index contributed by atoms with van der Waals surface area (Å²) in [5.41, 5.74) is 1.43. The summed E-state index contributed by atoms with van der Waals surface area (Å²) in [6.45, 7) is 0.158. The Morgan fingerprint density at radius 3 is 2.63 bits per heavy atom. The lowest BCUT2D eigenvalue weighted by Gasteiger charge is -2.06. The Morgan fingerprint density at radius 2 is 1.81 bits per heavy atom. The van der Waals surface area contributed by atoms with Crippen LogP contribution in [0.3, 0.4) is 0 Å². The first kappa shape index (κ1) is 16.8. The smallest absolute Gasteiger partial charge is 0.252 e. The molecule has 134 valence electrons. The summed E-state index contributed by atoms with van der Waals surface area (Å²) in [5, 5.41) is 8.72. The number of methoxy groups -OCH3 is 1. The third-order valence-electron chi connectivity index (χ3n) is 4.25. The molecule has 27 heavy (non-hydrogen) atoms. The molecule has 1 N–H and O–H groups in total. The van der Waals surface area contributed by atoms with E-state index in [2.05, 4.69) is 15.5 Å². The second-order valence-corrected chi connectivity index (χ2v) is 5.95. The molecule has 0 saturated heterocycles. The number of carbonyl (C=O) groups excluding carboxylic acids is 1. The van der Waals surface area contributed by atoms with Gasteiger partial charge in [0.15, 0.2) is 0 Å². The third-order valence-corrected chi connectivity index (χ3v) is 4.25. The molecular formula is C21H17N3O3. The zero-order valence-corrected chi connectivity index (χ0v) is 14.7. The number of amides is 1. The Morgan fingerprint density at radius 1 is 1.04 bits per heavy atom. The fourth-order valence-electron chi connectivity index (χ4n) is 2.86. The van der Waals surface area contributed by atoms with Crippen LogP contribution in [0.25, 0.3) is 22.2 Å². The topological polar surface area (TPSA) is 77.3 Å². The van der Waals surface area contributed by atoms with Crippen LogP contribution in [-0.4, -0.2) is 23.2 Å². The number of carbonyl (C=O) groups is 1. The second-order valence-electron chi connectivity index (χ2n) is 5.95. The average molecular weight is 359 g/mol. The van der Waals surface area contributed by atoms with Crippen molar-refractivity contribution < 1.29 is 14.1 Å². The SMILES string of the molecule is COc1ccc(-c2noc(CNC(=O)c3cccc4ccccc34)n2)cc1. The molecule has 0 aliphatic heterocycles. The van der Waals surface area contributed by atoms with E-state index in [4.69, 9.17) is 9.26 Å². The molecule has 6 heteroatoms. The first-order valence-corrected chi connectivity index (χ1v) is 8.47. The van der Waals surface area contributed by atoms with Gasteiger partial charge in [-0.05, 0) is 41.1 Å². The van der Waals surface area contributed by atoms with Crippen LogP contribution in [0.5, 0.6) is 5.75 Å². The molecule has 0 aliphatic rings. The highest BCUT2D eigenvalue weighted by Crippen LogP contribution is 2.20. The first-order chi connectivity index (χ1) is 13.2. The maximum atomic E-state index is 12.6. The molecular weight excluding hydrogens is 342 g/mol. The molecule has 1 amide bonds. The van der Waals surface area contributed by atoms with Gasteiger partial charge < -0.3 is 14.6 Å². The molecule has 0 aliphatic carbocycles. The molecule has 0 bridgehead atoms. The number of nitrogens with one attached hydrogen (secondary N) is 1. The van der Waals surface area contributed by atoms with Crippen LogP contribution in [0.2, 0.25) is 0 Å². The van der Waals surface area contributed by atoms with Gasteiger partial charge in [-0.3, -0.25) is 4.79 Å². The molecule has 0 unspecified atom stereocenters. The van der Waals surface area contributed by atoms with E-state index in [1.54, 1.807) is 13.2 Å². The van der Waals surface area contributed by atoms with E-state index in [1.807, 2.05) is 60.7 Å². The van der Waals surface area contributed by atoms with E-state index in [0.717, 1.165) is 22.1 Å².